The first kappa shape index (κ1) is 19.4. The zero-order chi connectivity index (χ0) is 17.7. The van der Waals surface area contributed by atoms with Gasteiger partial charge in [0.05, 0.1) is 12.2 Å². The minimum absolute atomic E-state index is 0.0680. The Morgan fingerprint density at radius 2 is 1.96 bits per heavy atom. The summed E-state index contributed by atoms with van der Waals surface area (Å²) in [5.74, 6) is -1.83. The standard InChI is InChI=1S/C13H15F4NO4S/c1-2-22-12(19)4-3-7-18-23(20,21)11-8-9(13(15,16)17)5-6-10(11)14/h5-6,8,18H,2-4,7H2,1H3. The summed E-state index contributed by atoms with van der Waals surface area (Å²) in [6.07, 6.45) is -4.79. The van der Waals surface area contributed by atoms with E-state index in [4.69, 9.17) is 0 Å². The molecule has 0 aromatic heterocycles. The number of hydrogen-bond acceptors (Lipinski definition) is 4. The van der Waals surface area contributed by atoms with Crippen molar-refractivity contribution in [2.24, 2.45) is 0 Å². The van der Waals surface area contributed by atoms with Crippen molar-refractivity contribution in [1.29, 1.82) is 0 Å². The number of benzene rings is 1. The number of ether oxygens (including phenoxy) is 1. The number of halogens is 4. The van der Waals surface area contributed by atoms with Crippen LogP contribution >= 0.6 is 0 Å². The highest BCUT2D eigenvalue weighted by molar-refractivity contribution is 7.89. The summed E-state index contributed by atoms with van der Waals surface area (Å²) >= 11 is 0. The van der Waals surface area contributed by atoms with Gasteiger partial charge in [0.15, 0.2) is 0 Å². The Morgan fingerprint density at radius 1 is 1.30 bits per heavy atom. The van der Waals surface area contributed by atoms with Crippen molar-refractivity contribution in [3.8, 4) is 0 Å². The second-order valence-electron chi connectivity index (χ2n) is 4.45. The highest BCUT2D eigenvalue weighted by Crippen LogP contribution is 2.31. The van der Waals surface area contributed by atoms with Crippen LogP contribution in [0.5, 0.6) is 0 Å². The minimum atomic E-state index is -4.79. The van der Waals surface area contributed by atoms with Crippen LogP contribution in [0.3, 0.4) is 0 Å². The van der Waals surface area contributed by atoms with Crippen molar-refractivity contribution in [3.63, 3.8) is 0 Å². The molecule has 0 aliphatic heterocycles. The molecule has 0 aliphatic carbocycles. The third-order valence-electron chi connectivity index (χ3n) is 2.70. The maximum atomic E-state index is 13.5. The third kappa shape index (κ3) is 5.79. The number of carbonyl (C=O) groups is 1. The summed E-state index contributed by atoms with van der Waals surface area (Å²) < 4.78 is 81.5. The van der Waals surface area contributed by atoms with Gasteiger partial charge in [-0.15, -0.1) is 0 Å². The Labute approximate surface area is 130 Å². The maximum absolute atomic E-state index is 13.5. The van der Waals surface area contributed by atoms with Gasteiger partial charge in [-0.2, -0.15) is 13.2 Å². The molecule has 0 heterocycles. The SMILES string of the molecule is CCOC(=O)CCCNS(=O)(=O)c1cc(C(F)(F)F)ccc1F. The molecule has 1 aromatic rings. The molecule has 0 amide bonds. The van der Waals surface area contributed by atoms with Crippen LogP contribution in [0.1, 0.15) is 25.3 Å². The van der Waals surface area contributed by atoms with E-state index in [9.17, 15) is 30.8 Å². The Morgan fingerprint density at radius 3 is 2.52 bits per heavy atom. The van der Waals surface area contributed by atoms with E-state index < -0.39 is 38.4 Å². The number of alkyl halides is 3. The second-order valence-corrected chi connectivity index (χ2v) is 6.18. The highest BCUT2D eigenvalue weighted by Gasteiger charge is 2.33. The van der Waals surface area contributed by atoms with Crippen molar-refractivity contribution < 1.29 is 35.5 Å². The zero-order valence-electron chi connectivity index (χ0n) is 12.1. The van der Waals surface area contributed by atoms with Crippen molar-refractivity contribution in [1.82, 2.24) is 4.72 Å². The van der Waals surface area contributed by atoms with E-state index in [1.807, 2.05) is 4.72 Å². The van der Waals surface area contributed by atoms with E-state index in [0.29, 0.717) is 12.1 Å². The summed E-state index contributed by atoms with van der Waals surface area (Å²) in [6.45, 7) is 1.55. The minimum Gasteiger partial charge on any atom is -0.466 e. The summed E-state index contributed by atoms with van der Waals surface area (Å²) in [6, 6.07) is 1.12. The fourth-order valence-corrected chi connectivity index (χ4v) is 2.81. The zero-order valence-corrected chi connectivity index (χ0v) is 12.9. The van der Waals surface area contributed by atoms with Crippen molar-refractivity contribution in [2.75, 3.05) is 13.2 Å². The normalized spacial score (nSPS) is 12.2. The van der Waals surface area contributed by atoms with Gasteiger partial charge in [-0.05, 0) is 31.5 Å². The van der Waals surface area contributed by atoms with Gasteiger partial charge in [0.2, 0.25) is 10.0 Å². The number of esters is 1. The first-order valence-corrected chi connectivity index (χ1v) is 8.08. The van der Waals surface area contributed by atoms with Crippen LogP contribution in [0.4, 0.5) is 17.6 Å². The lowest BCUT2D eigenvalue weighted by molar-refractivity contribution is -0.143. The molecule has 23 heavy (non-hydrogen) atoms. The number of sulfonamides is 1. The predicted octanol–water partition coefficient (Wildman–Crippen LogP) is 2.47. The quantitative estimate of drug-likeness (QED) is 0.462. The van der Waals surface area contributed by atoms with Crippen LogP contribution < -0.4 is 4.72 Å². The molecule has 0 bridgehead atoms. The lowest BCUT2D eigenvalue weighted by Crippen LogP contribution is -2.26. The van der Waals surface area contributed by atoms with Crippen LogP contribution in [-0.2, 0) is 25.7 Å². The molecule has 1 N–H and O–H groups in total. The van der Waals surface area contributed by atoms with Gasteiger partial charge in [0.1, 0.15) is 10.7 Å². The largest absolute Gasteiger partial charge is 0.466 e. The van der Waals surface area contributed by atoms with E-state index in [-0.39, 0.29) is 32.1 Å². The smallest absolute Gasteiger partial charge is 0.416 e. The average Bonchev–Trinajstić information content (AvgIpc) is 2.43. The van der Waals surface area contributed by atoms with Gasteiger partial charge < -0.3 is 4.74 Å². The topological polar surface area (TPSA) is 72.5 Å². The third-order valence-corrected chi connectivity index (χ3v) is 4.18. The number of carbonyl (C=O) groups excluding carboxylic acids is 1. The lowest BCUT2D eigenvalue weighted by atomic mass is 10.2. The number of rotatable bonds is 7. The predicted molar refractivity (Wildman–Crippen MR) is 72.5 cm³/mol. The second kappa shape index (κ2) is 7.73. The number of hydrogen-bond donors (Lipinski definition) is 1. The Balaban J connectivity index is 2.78. The van der Waals surface area contributed by atoms with Gasteiger partial charge in [-0.3, -0.25) is 4.79 Å². The summed E-state index contributed by atoms with van der Waals surface area (Å²) in [5.41, 5.74) is -1.27. The van der Waals surface area contributed by atoms with Crippen LogP contribution in [0.15, 0.2) is 23.1 Å². The van der Waals surface area contributed by atoms with E-state index in [2.05, 4.69) is 4.74 Å². The van der Waals surface area contributed by atoms with Crippen molar-refractivity contribution in [3.05, 3.63) is 29.6 Å². The summed E-state index contributed by atoms with van der Waals surface area (Å²) in [5, 5.41) is 0. The monoisotopic (exact) mass is 357 g/mol. The van der Waals surface area contributed by atoms with E-state index in [0.717, 1.165) is 0 Å². The molecule has 0 saturated heterocycles. The van der Waals surface area contributed by atoms with Gasteiger partial charge >= 0.3 is 12.1 Å². The molecular weight excluding hydrogens is 342 g/mol. The van der Waals surface area contributed by atoms with Gasteiger partial charge in [0.25, 0.3) is 0 Å². The fraction of sp³-hybridized carbons (Fsp3) is 0.462. The molecule has 1 aromatic carbocycles. The van der Waals surface area contributed by atoms with Crippen molar-refractivity contribution >= 4 is 16.0 Å². The first-order valence-electron chi connectivity index (χ1n) is 6.60. The molecule has 130 valence electrons. The number of nitrogens with one attached hydrogen (secondary N) is 1. The van der Waals surface area contributed by atoms with Gasteiger partial charge in [0, 0.05) is 13.0 Å². The van der Waals surface area contributed by atoms with Crippen LogP contribution in [-0.4, -0.2) is 27.5 Å². The van der Waals surface area contributed by atoms with E-state index >= 15 is 0 Å². The average molecular weight is 357 g/mol. The Bertz CT molecular complexity index is 658. The molecular formula is C13H15F4NO4S. The molecule has 0 radical (unpaired) electrons. The molecule has 1 rings (SSSR count). The van der Waals surface area contributed by atoms with E-state index in [1.54, 1.807) is 6.92 Å². The summed E-state index contributed by atoms with van der Waals surface area (Å²) in [4.78, 5) is 9.97. The Kier molecular flexibility index (Phi) is 6.51. The van der Waals surface area contributed by atoms with Gasteiger partial charge in [-0.1, -0.05) is 0 Å². The first-order chi connectivity index (χ1) is 10.6. The molecule has 0 fully saturated rings. The van der Waals surface area contributed by atoms with E-state index in [1.165, 1.54) is 0 Å². The lowest BCUT2D eigenvalue weighted by Gasteiger charge is -2.11. The van der Waals surface area contributed by atoms with Crippen LogP contribution in [0.25, 0.3) is 0 Å². The molecule has 0 unspecified atom stereocenters. The summed E-state index contributed by atoms with van der Waals surface area (Å²) in [7, 11) is -4.46. The maximum Gasteiger partial charge on any atom is 0.416 e. The van der Waals surface area contributed by atoms with Crippen LogP contribution in [0.2, 0.25) is 0 Å². The Hall–Kier alpha value is -1.68. The van der Waals surface area contributed by atoms with Crippen molar-refractivity contribution in [2.45, 2.75) is 30.8 Å². The fourth-order valence-electron chi connectivity index (χ4n) is 1.64. The highest BCUT2D eigenvalue weighted by atomic mass is 32.2. The molecule has 10 heteroatoms. The molecule has 5 nitrogen and oxygen atoms in total. The molecule has 0 saturated carbocycles. The molecule has 0 spiro atoms. The van der Waals surface area contributed by atoms with Crippen LogP contribution in [0, 0.1) is 5.82 Å². The molecule has 0 aliphatic rings. The molecule has 0 atom stereocenters. The van der Waals surface area contributed by atoms with Gasteiger partial charge in [-0.25, -0.2) is 17.5 Å².